The van der Waals surface area contributed by atoms with Gasteiger partial charge < -0.3 is 9.59 Å². The standard InChI is InChI=1S/C22H24NO/c24-22-15-23(11-9-16(22)10-12-23)14-21-19-7-3-1-5-17(19)13-18-6-2-4-8-20(18)21/h1-8,13,16,22,24H,9-12,14-15H2/q+1. The summed E-state index contributed by atoms with van der Waals surface area (Å²) in [7, 11) is 0. The Morgan fingerprint density at radius 3 is 2.04 bits per heavy atom. The van der Waals surface area contributed by atoms with Crippen LogP contribution in [0.1, 0.15) is 18.4 Å². The van der Waals surface area contributed by atoms with E-state index in [0.29, 0.717) is 5.92 Å². The van der Waals surface area contributed by atoms with Gasteiger partial charge in [0.2, 0.25) is 0 Å². The largest absolute Gasteiger partial charge is 0.387 e. The summed E-state index contributed by atoms with van der Waals surface area (Å²) < 4.78 is 1.07. The van der Waals surface area contributed by atoms with Crippen LogP contribution < -0.4 is 0 Å². The van der Waals surface area contributed by atoms with Gasteiger partial charge in [-0.3, -0.25) is 0 Å². The summed E-state index contributed by atoms with van der Waals surface area (Å²) in [6, 6.07) is 19.9. The summed E-state index contributed by atoms with van der Waals surface area (Å²) in [5, 5.41) is 15.9. The van der Waals surface area contributed by atoms with Crippen molar-refractivity contribution in [3.8, 4) is 0 Å². The monoisotopic (exact) mass is 318 g/mol. The number of nitrogens with zero attached hydrogens (tertiary/aromatic N) is 1. The first-order valence-corrected chi connectivity index (χ1v) is 9.17. The lowest BCUT2D eigenvalue weighted by Crippen LogP contribution is -2.63. The number of rotatable bonds is 2. The molecule has 3 heterocycles. The molecule has 0 aliphatic carbocycles. The lowest BCUT2D eigenvalue weighted by molar-refractivity contribution is -0.958. The van der Waals surface area contributed by atoms with Crippen molar-refractivity contribution in [3.63, 3.8) is 0 Å². The van der Waals surface area contributed by atoms with Gasteiger partial charge in [0.25, 0.3) is 0 Å². The molecule has 0 radical (unpaired) electrons. The first kappa shape index (κ1) is 14.4. The zero-order chi connectivity index (χ0) is 16.1. The van der Waals surface area contributed by atoms with Crippen LogP contribution in [0.15, 0.2) is 54.6 Å². The highest BCUT2D eigenvalue weighted by Gasteiger charge is 2.45. The van der Waals surface area contributed by atoms with Gasteiger partial charge in [-0.1, -0.05) is 48.5 Å². The van der Waals surface area contributed by atoms with Gasteiger partial charge in [-0.05, 0) is 27.6 Å². The summed E-state index contributed by atoms with van der Waals surface area (Å²) in [4.78, 5) is 0. The highest BCUT2D eigenvalue weighted by molar-refractivity contribution is 6.02. The Hall–Kier alpha value is -1.90. The molecular formula is C22H24NO+. The third-order valence-corrected chi connectivity index (χ3v) is 6.44. The number of piperidine rings is 3. The van der Waals surface area contributed by atoms with Gasteiger partial charge in [-0.2, -0.15) is 0 Å². The van der Waals surface area contributed by atoms with Crippen molar-refractivity contribution in [1.82, 2.24) is 0 Å². The van der Waals surface area contributed by atoms with Crippen LogP contribution in [0.3, 0.4) is 0 Å². The number of fused-ring (bicyclic) bond motifs is 5. The molecule has 122 valence electrons. The predicted molar refractivity (Wildman–Crippen MR) is 98.8 cm³/mol. The average Bonchev–Trinajstić information content (AvgIpc) is 2.62. The highest BCUT2D eigenvalue weighted by atomic mass is 16.3. The topological polar surface area (TPSA) is 20.2 Å². The van der Waals surface area contributed by atoms with E-state index in [4.69, 9.17) is 0 Å². The zero-order valence-electron chi connectivity index (χ0n) is 14.0. The number of aliphatic hydroxyl groups is 1. The van der Waals surface area contributed by atoms with Crippen LogP contribution in [-0.4, -0.2) is 35.3 Å². The molecule has 3 aliphatic rings. The molecule has 2 heteroatoms. The Balaban J connectivity index is 1.69. The van der Waals surface area contributed by atoms with Crippen molar-refractivity contribution in [3.05, 3.63) is 60.2 Å². The quantitative estimate of drug-likeness (QED) is 0.557. The predicted octanol–water partition coefficient (Wildman–Crippen LogP) is 4.09. The summed E-state index contributed by atoms with van der Waals surface area (Å²) in [6.45, 7) is 4.42. The molecule has 3 aliphatic heterocycles. The Bertz CT molecular complexity index is 854. The summed E-state index contributed by atoms with van der Waals surface area (Å²) in [5.41, 5.74) is 1.47. The van der Waals surface area contributed by atoms with Gasteiger partial charge in [0, 0.05) is 24.3 Å². The van der Waals surface area contributed by atoms with E-state index >= 15 is 0 Å². The lowest BCUT2D eigenvalue weighted by Gasteiger charge is -2.51. The third kappa shape index (κ3) is 2.17. The lowest BCUT2D eigenvalue weighted by atomic mass is 9.82. The molecule has 1 atom stereocenters. The Kier molecular flexibility index (Phi) is 3.19. The normalized spacial score (nSPS) is 29.4. The zero-order valence-corrected chi connectivity index (χ0v) is 14.0. The molecule has 0 saturated carbocycles. The van der Waals surface area contributed by atoms with Gasteiger partial charge in [0.15, 0.2) is 0 Å². The maximum atomic E-state index is 10.5. The number of aliphatic hydroxyl groups excluding tert-OH is 1. The number of hydrogen-bond donors (Lipinski definition) is 1. The first-order valence-electron chi connectivity index (χ1n) is 9.17. The van der Waals surface area contributed by atoms with E-state index in [0.717, 1.165) is 17.6 Å². The molecule has 3 fully saturated rings. The van der Waals surface area contributed by atoms with E-state index in [-0.39, 0.29) is 6.10 Å². The fraction of sp³-hybridized carbons (Fsp3) is 0.364. The SMILES string of the molecule is OC1C[N+]2(Cc3c4ccccc4cc4ccccc34)CCC1CC2. The van der Waals surface area contributed by atoms with Crippen molar-refractivity contribution in [2.24, 2.45) is 5.92 Å². The average molecular weight is 318 g/mol. The van der Waals surface area contributed by atoms with E-state index in [2.05, 4.69) is 54.6 Å². The van der Waals surface area contributed by atoms with Crippen LogP contribution in [-0.2, 0) is 6.54 Å². The Morgan fingerprint density at radius 1 is 0.875 bits per heavy atom. The highest BCUT2D eigenvalue weighted by Crippen LogP contribution is 2.38. The number of hydrogen-bond acceptors (Lipinski definition) is 1. The van der Waals surface area contributed by atoms with Crippen LogP contribution in [0.4, 0.5) is 0 Å². The minimum atomic E-state index is -0.103. The molecular weight excluding hydrogens is 294 g/mol. The first-order chi connectivity index (χ1) is 11.7. The van der Waals surface area contributed by atoms with Crippen LogP contribution in [0.2, 0.25) is 0 Å². The smallest absolute Gasteiger partial charge is 0.106 e. The number of quaternary nitrogens is 1. The molecule has 0 amide bonds. The van der Waals surface area contributed by atoms with Crippen LogP contribution in [0.5, 0.6) is 0 Å². The van der Waals surface area contributed by atoms with Gasteiger partial charge in [-0.15, -0.1) is 0 Å². The van der Waals surface area contributed by atoms with Crippen molar-refractivity contribution < 1.29 is 9.59 Å². The molecule has 1 unspecified atom stereocenters. The summed E-state index contributed by atoms with van der Waals surface area (Å²) in [5.74, 6) is 0.550. The minimum absolute atomic E-state index is 0.103. The van der Waals surface area contributed by atoms with Gasteiger partial charge in [0.1, 0.15) is 19.2 Å². The van der Waals surface area contributed by atoms with Crippen molar-refractivity contribution in [2.75, 3.05) is 19.6 Å². The molecule has 2 nitrogen and oxygen atoms in total. The van der Waals surface area contributed by atoms with Gasteiger partial charge in [-0.25, -0.2) is 0 Å². The molecule has 0 aromatic heterocycles. The fourth-order valence-corrected chi connectivity index (χ4v) is 5.09. The summed E-state index contributed by atoms with van der Waals surface area (Å²) in [6.07, 6.45) is 2.27. The molecule has 0 spiro atoms. The maximum Gasteiger partial charge on any atom is 0.106 e. The van der Waals surface area contributed by atoms with E-state index in [1.807, 2.05) is 0 Å². The van der Waals surface area contributed by atoms with Crippen LogP contribution in [0.25, 0.3) is 21.5 Å². The van der Waals surface area contributed by atoms with E-state index in [1.54, 1.807) is 0 Å². The van der Waals surface area contributed by atoms with E-state index in [1.165, 1.54) is 53.0 Å². The Labute approximate surface area is 142 Å². The number of benzene rings is 3. The van der Waals surface area contributed by atoms with Crippen LogP contribution >= 0.6 is 0 Å². The molecule has 3 saturated heterocycles. The van der Waals surface area contributed by atoms with E-state index < -0.39 is 0 Å². The van der Waals surface area contributed by atoms with Gasteiger partial charge >= 0.3 is 0 Å². The molecule has 3 aromatic rings. The third-order valence-electron chi connectivity index (χ3n) is 6.44. The molecule has 24 heavy (non-hydrogen) atoms. The van der Waals surface area contributed by atoms with Crippen molar-refractivity contribution in [2.45, 2.75) is 25.5 Å². The van der Waals surface area contributed by atoms with Gasteiger partial charge in [0.05, 0.1) is 13.1 Å². The second kappa shape index (κ2) is 5.30. The molecule has 3 aromatic carbocycles. The fourth-order valence-electron chi connectivity index (χ4n) is 5.09. The van der Waals surface area contributed by atoms with Crippen molar-refractivity contribution in [1.29, 1.82) is 0 Å². The second-order valence-electron chi connectivity index (χ2n) is 7.83. The van der Waals surface area contributed by atoms with Crippen molar-refractivity contribution >= 4 is 21.5 Å². The maximum absolute atomic E-state index is 10.5. The van der Waals surface area contributed by atoms with Crippen LogP contribution in [0, 0.1) is 5.92 Å². The molecule has 1 N–H and O–H groups in total. The Morgan fingerprint density at radius 2 is 1.46 bits per heavy atom. The van der Waals surface area contributed by atoms with E-state index in [9.17, 15) is 5.11 Å². The second-order valence-corrected chi connectivity index (χ2v) is 7.83. The molecule has 2 bridgehead atoms. The summed E-state index contributed by atoms with van der Waals surface area (Å²) >= 11 is 0. The molecule has 6 rings (SSSR count). The minimum Gasteiger partial charge on any atom is -0.387 e.